The normalized spacial score (nSPS) is 15.1. The van der Waals surface area contributed by atoms with Crippen LogP contribution in [0.2, 0.25) is 0 Å². The predicted molar refractivity (Wildman–Crippen MR) is 377 cm³/mol. The molecule has 0 rings (SSSR count). The molecule has 0 aliphatic heterocycles. The van der Waals surface area contributed by atoms with Gasteiger partial charge in [0.15, 0.2) is 12.2 Å². The topological polar surface area (TPSA) is 237 Å². The molecular weight excluding hydrogens is 1220 g/mol. The Balaban J connectivity index is 5.24. The number of hydrogen-bond donors (Lipinski definition) is 3. The van der Waals surface area contributed by atoms with E-state index in [0.717, 1.165) is 120 Å². The van der Waals surface area contributed by atoms with E-state index < -0.39 is 97.5 Å². The van der Waals surface area contributed by atoms with Crippen molar-refractivity contribution in [1.82, 2.24) is 0 Å². The molecule has 0 aliphatic rings. The van der Waals surface area contributed by atoms with Crippen LogP contribution in [0.4, 0.5) is 0 Å². The van der Waals surface area contributed by atoms with Gasteiger partial charge in [-0.25, -0.2) is 9.13 Å². The van der Waals surface area contributed by atoms with Crippen LogP contribution in [0, 0.1) is 23.7 Å². The van der Waals surface area contributed by atoms with Gasteiger partial charge >= 0.3 is 39.5 Å². The number of ether oxygens (including phenoxy) is 4. The van der Waals surface area contributed by atoms with Gasteiger partial charge in [0, 0.05) is 25.7 Å². The van der Waals surface area contributed by atoms with Crippen molar-refractivity contribution in [2.45, 2.75) is 388 Å². The third kappa shape index (κ3) is 64.5. The molecule has 0 heterocycles. The van der Waals surface area contributed by atoms with E-state index in [1.165, 1.54) is 167 Å². The molecule has 93 heavy (non-hydrogen) atoms. The average molecular weight is 1370 g/mol. The lowest BCUT2D eigenvalue weighted by Gasteiger charge is -2.21. The first-order valence-corrected chi connectivity index (χ1v) is 41.3. The Bertz CT molecular complexity index is 1840. The Morgan fingerprint density at radius 2 is 0.516 bits per heavy atom. The number of rotatable bonds is 71. The molecule has 552 valence electrons. The number of phosphoric ester groups is 2. The molecule has 5 unspecified atom stereocenters. The molecule has 0 spiro atoms. The summed E-state index contributed by atoms with van der Waals surface area (Å²) < 4.78 is 68.4. The van der Waals surface area contributed by atoms with Gasteiger partial charge in [0.25, 0.3) is 0 Å². The summed E-state index contributed by atoms with van der Waals surface area (Å²) in [4.78, 5) is 72.7. The summed E-state index contributed by atoms with van der Waals surface area (Å²) in [7, 11) is -9.91. The van der Waals surface area contributed by atoms with Crippen LogP contribution in [0.25, 0.3) is 0 Å². The van der Waals surface area contributed by atoms with Crippen molar-refractivity contribution in [1.29, 1.82) is 0 Å². The lowest BCUT2D eigenvalue weighted by molar-refractivity contribution is -0.161. The summed E-state index contributed by atoms with van der Waals surface area (Å²) in [5.74, 6) is 0.976. The van der Waals surface area contributed by atoms with Crippen molar-refractivity contribution in [3.63, 3.8) is 0 Å². The highest BCUT2D eigenvalue weighted by Crippen LogP contribution is 2.45. The van der Waals surface area contributed by atoms with Crippen molar-refractivity contribution >= 4 is 39.5 Å². The lowest BCUT2D eigenvalue weighted by Crippen LogP contribution is -2.30. The Morgan fingerprint density at radius 3 is 0.763 bits per heavy atom. The van der Waals surface area contributed by atoms with Gasteiger partial charge in [0.1, 0.15) is 19.3 Å². The van der Waals surface area contributed by atoms with Gasteiger partial charge < -0.3 is 33.8 Å². The first-order valence-electron chi connectivity index (χ1n) is 38.3. The van der Waals surface area contributed by atoms with E-state index in [9.17, 15) is 43.2 Å². The number of aliphatic hydroxyl groups is 1. The molecule has 0 aromatic heterocycles. The molecule has 0 aromatic carbocycles. The van der Waals surface area contributed by atoms with E-state index in [4.69, 9.17) is 37.0 Å². The minimum atomic E-state index is -4.96. The SMILES string of the molecule is CCC(C)CCCCCCCCCCCCCCCCC(=O)OC[C@H](COP(=O)(O)OC[C@@H](O)COP(=O)(O)OC[C@@H](COC(=O)CCCCCCCCC(C)CC)OC(=O)CCCCCCCCCCC(C)CC)OC(=O)CCCCCCCCCCCCC(C)C. The van der Waals surface area contributed by atoms with E-state index in [1.807, 2.05) is 0 Å². The molecule has 3 N–H and O–H groups in total. The molecule has 17 nitrogen and oxygen atoms in total. The zero-order chi connectivity index (χ0) is 68.9. The van der Waals surface area contributed by atoms with Gasteiger partial charge in [-0.15, -0.1) is 0 Å². The van der Waals surface area contributed by atoms with Crippen LogP contribution < -0.4 is 0 Å². The van der Waals surface area contributed by atoms with Gasteiger partial charge in [0.05, 0.1) is 26.4 Å². The van der Waals surface area contributed by atoms with Gasteiger partial charge in [-0.2, -0.15) is 0 Å². The molecule has 19 heteroatoms. The summed E-state index contributed by atoms with van der Waals surface area (Å²) in [6.45, 7) is 14.2. The van der Waals surface area contributed by atoms with Crippen LogP contribution in [0.1, 0.15) is 370 Å². The number of unbranched alkanes of at least 4 members (excludes halogenated alkanes) is 34. The third-order valence-corrected chi connectivity index (χ3v) is 20.1. The highest BCUT2D eigenvalue weighted by Gasteiger charge is 2.30. The van der Waals surface area contributed by atoms with Crippen LogP contribution in [0.5, 0.6) is 0 Å². The number of carbonyl (C=O) groups excluding carboxylic acids is 4. The number of esters is 4. The summed E-state index contributed by atoms with van der Waals surface area (Å²) in [6.07, 6.45) is 47.1. The largest absolute Gasteiger partial charge is 0.472 e. The van der Waals surface area contributed by atoms with Gasteiger partial charge in [-0.3, -0.25) is 37.3 Å². The molecule has 0 aliphatic carbocycles. The molecule has 0 aromatic rings. The second kappa shape index (κ2) is 63.5. The average Bonchev–Trinajstić information content (AvgIpc) is 2.11. The van der Waals surface area contributed by atoms with Crippen LogP contribution in [-0.2, 0) is 65.4 Å². The predicted octanol–water partition coefficient (Wildman–Crippen LogP) is 21.3. The summed E-state index contributed by atoms with van der Waals surface area (Å²) in [5.41, 5.74) is 0. The number of aliphatic hydroxyl groups excluding tert-OH is 1. The zero-order valence-corrected chi connectivity index (χ0v) is 62.7. The summed E-state index contributed by atoms with van der Waals surface area (Å²) in [6, 6.07) is 0. The number of carbonyl (C=O) groups is 4. The molecule has 8 atom stereocenters. The third-order valence-electron chi connectivity index (χ3n) is 18.2. The van der Waals surface area contributed by atoms with Crippen molar-refractivity contribution in [2.24, 2.45) is 23.7 Å². The fourth-order valence-electron chi connectivity index (χ4n) is 11.1. The first-order chi connectivity index (χ1) is 44.7. The van der Waals surface area contributed by atoms with Gasteiger partial charge in [-0.1, -0.05) is 319 Å². The minimum Gasteiger partial charge on any atom is -0.462 e. The Hall–Kier alpha value is -1.94. The molecule has 0 saturated heterocycles. The Labute approximate surface area is 568 Å². The van der Waals surface area contributed by atoms with E-state index >= 15 is 0 Å². The maximum atomic E-state index is 13.1. The van der Waals surface area contributed by atoms with E-state index in [0.29, 0.717) is 25.7 Å². The fourth-order valence-corrected chi connectivity index (χ4v) is 12.7. The second-order valence-corrected chi connectivity index (χ2v) is 30.8. The molecule has 0 radical (unpaired) electrons. The van der Waals surface area contributed by atoms with Gasteiger partial charge in [-0.05, 0) is 49.4 Å². The highest BCUT2D eigenvalue weighted by atomic mass is 31.2. The molecule has 0 amide bonds. The Kier molecular flexibility index (Phi) is 62.2. The molecular formula is C74H144O17P2. The minimum absolute atomic E-state index is 0.104. The van der Waals surface area contributed by atoms with Crippen molar-refractivity contribution < 1.29 is 80.2 Å². The van der Waals surface area contributed by atoms with Crippen molar-refractivity contribution in [2.75, 3.05) is 39.6 Å². The molecule has 0 saturated carbocycles. The quantitative estimate of drug-likeness (QED) is 0.0222. The van der Waals surface area contributed by atoms with Crippen molar-refractivity contribution in [3.8, 4) is 0 Å². The first kappa shape index (κ1) is 91.1. The van der Waals surface area contributed by atoms with Crippen LogP contribution in [0.15, 0.2) is 0 Å². The summed E-state index contributed by atoms with van der Waals surface area (Å²) in [5, 5.41) is 10.6. The lowest BCUT2D eigenvalue weighted by atomic mass is 9.99. The van der Waals surface area contributed by atoms with Crippen LogP contribution >= 0.6 is 15.6 Å². The fraction of sp³-hybridized carbons (Fsp3) is 0.946. The molecule has 0 bridgehead atoms. The zero-order valence-electron chi connectivity index (χ0n) is 60.9. The van der Waals surface area contributed by atoms with Crippen molar-refractivity contribution in [3.05, 3.63) is 0 Å². The van der Waals surface area contributed by atoms with E-state index in [1.54, 1.807) is 0 Å². The van der Waals surface area contributed by atoms with Gasteiger partial charge in [0.2, 0.25) is 0 Å². The highest BCUT2D eigenvalue weighted by molar-refractivity contribution is 7.47. The van der Waals surface area contributed by atoms with Crippen LogP contribution in [-0.4, -0.2) is 96.7 Å². The Morgan fingerprint density at radius 1 is 0.301 bits per heavy atom. The van der Waals surface area contributed by atoms with E-state index in [-0.39, 0.29) is 25.7 Å². The molecule has 0 fully saturated rings. The standard InChI is InChI=1S/C74H144O17P2/c1-9-65(6)51-43-35-27-21-16-14-12-13-15-17-22-29-38-46-54-71(76)84-60-69(90-73(78)56-48-40-30-23-19-18-20-26-34-42-50-64(4)5)62-88-92(80,81)86-58-68(75)59-87-93(82,83)89-63-70(61-85-72(77)55-47-39-33-32-37-45-53-67(8)11-3)91-74(79)57-49-41-31-25-24-28-36-44-52-66(7)10-2/h64-70,75H,9-63H2,1-8H3,(H,80,81)(H,82,83)/t65?,66?,67?,68-,69-,70-/m1/s1. The van der Waals surface area contributed by atoms with E-state index in [2.05, 4.69) is 55.4 Å². The maximum absolute atomic E-state index is 13.1. The number of hydrogen-bond acceptors (Lipinski definition) is 15. The summed E-state index contributed by atoms with van der Waals surface area (Å²) >= 11 is 0. The number of phosphoric acid groups is 2. The smallest absolute Gasteiger partial charge is 0.462 e. The van der Waals surface area contributed by atoms with Crippen LogP contribution in [0.3, 0.4) is 0 Å². The maximum Gasteiger partial charge on any atom is 0.472 e. The second-order valence-electron chi connectivity index (χ2n) is 27.9. The monoisotopic (exact) mass is 1370 g/mol.